The molecule has 0 saturated carbocycles. The molecule has 56 valence electrons. The second kappa shape index (κ2) is 4.33. The third-order valence-corrected chi connectivity index (χ3v) is 3.73. The van der Waals surface area contributed by atoms with Gasteiger partial charge in [-0.1, -0.05) is 0 Å². The Balaban J connectivity index is 3.73. The highest BCUT2D eigenvalue weighted by Crippen LogP contribution is 2.18. The van der Waals surface area contributed by atoms with E-state index >= 15 is 0 Å². The molecule has 0 atom stereocenters. The summed E-state index contributed by atoms with van der Waals surface area (Å²) in [6.45, 7) is 0. The lowest BCUT2D eigenvalue weighted by atomic mass is 13.5. The Bertz CT molecular complexity index is 137. The van der Waals surface area contributed by atoms with Crippen LogP contribution in [0.3, 0.4) is 0 Å². The minimum atomic E-state index is -3.57. The summed E-state index contributed by atoms with van der Waals surface area (Å²) in [4.78, 5) is 2.70. The molecule has 6 nitrogen and oxygen atoms in total. The maximum Gasteiger partial charge on any atom is 0.285 e. The van der Waals surface area contributed by atoms with Gasteiger partial charge in [0.05, 0.1) is 22.0 Å². The van der Waals surface area contributed by atoms with Crippen LogP contribution in [0.5, 0.6) is 0 Å². The van der Waals surface area contributed by atoms with E-state index in [1.54, 1.807) is 0 Å². The van der Waals surface area contributed by atoms with Crippen molar-refractivity contribution in [2.24, 2.45) is 0 Å². The molecule has 0 aromatic carbocycles. The van der Waals surface area contributed by atoms with Crippen LogP contribution in [0.2, 0.25) is 0 Å². The van der Waals surface area contributed by atoms with Crippen molar-refractivity contribution in [1.82, 2.24) is 9.77 Å². The normalized spacial score (nSPS) is 11.8. The quantitative estimate of drug-likeness (QED) is 0.268. The molecular formula is H4N2O4S3. The van der Waals surface area contributed by atoms with Crippen molar-refractivity contribution in [3.8, 4) is 0 Å². The maximum absolute atomic E-state index is 10.3. The molecule has 0 aliphatic carbocycles. The molecule has 0 spiro atoms. The third-order valence-electron chi connectivity index (χ3n) is 0.279. The lowest BCUT2D eigenvalue weighted by molar-refractivity contribution is 0.259. The average Bonchev–Trinajstić information content (AvgIpc) is 1.64. The lowest BCUT2D eigenvalue weighted by Gasteiger charge is -1.95. The standard InChI is InChI=1S/H4N2O4S3/c3-1-7-9(5,6)8-2-4/h1-4H. The van der Waals surface area contributed by atoms with Gasteiger partial charge in [0.2, 0.25) is 0 Å². The molecule has 4 N–H and O–H groups in total. The predicted molar refractivity (Wildman–Crippen MR) is 33.9 cm³/mol. The molecule has 9 heteroatoms. The van der Waals surface area contributed by atoms with Crippen molar-refractivity contribution in [3.63, 3.8) is 0 Å². The van der Waals surface area contributed by atoms with Crippen molar-refractivity contribution >= 4 is 29.9 Å². The Morgan fingerprint density at radius 3 is 1.67 bits per heavy atom. The molecule has 0 aromatic heterocycles. The Hall–Kier alpha value is 0.490. The molecule has 0 aliphatic rings. The van der Waals surface area contributed by atoms with Gasteiger partial charge in [-0.3, -0.25) is 0 Å². The fourth-order valence-electron chi connectivity index (χ4n) is 0.108. The zero-order valence-electron chi connectivity index (χ0n) is 3.94. The highest BCUT2D eigenvalue weighted by Gasteiger charge is 2.10. The van der Waals surface area contributed by atoms with Crippen LogP contribution in [0.15, 0.2) is 0 Å². The van der Waals surface area contributed by atoms with E-state index in [-0.39, 0.29) is 22.0 Å². The zero-order chi connectivity index (χ0) is 7.33. The summed E-state index contributed by atoms with van der Waals surface area (Å²) < 4.78 is 20.6. The maximum atomic E-state index is 10.3. The first-order valence-electron chi connectivity index (χ1n) is 1.52. The molecule has 0 aromatic rings. The van der Waals surface area contributed by atoms with Crippen LogP contribution in [0.25, 0.3) is 0 Å². The van der Waals surface area contributed by atoms with E-state index in [1.807, 2.05) is 0 Å². The first kappa shape index (κ1) is 9.49. The lowest BCUT2D eigenvalue weighted by Crippen LogP contribution is -2.04. The summed E-state index contributed by atoms with van der Waals surface area (Å²) in [7, 11) is -3.42. The van der Waals surface area contributed by atoms with Gasteiger partial charge in [0, 0.05) is 0 Å². The minimum Gasteiger partial charge on any atom is -0.305 e. The molecule has 0 heterocycles. The molecule has 0 radical (unpaired) electrons. The van der Waals surface area contributed by atoms with Crippen LogP contribution in [0.4, 0.5) is 0 Å². The monoisotopic (exact) mass is 192 g/mol. The number of hydrogen-bond acceptors (Lipinski definition) is 8. The summed E-state index contributed by atoms with van der Waals surface area (Å²) in [5.41, 5.74) is 0. The van der Waals surface area contributed by atoms with Gasteiger partial charge in [-0.25, -0.2) is 8.42 Å². The molecule has 9 heavy (non-hydrogen) atoms. The van der Waals surface area contributed by atoms with E-state index in [0.717, 1.165) is 0 Å². The molecule has 0 saturated heterocycles. The van der Waals surface area contributed by atoms with Crippen LogP contribution >= 0.6 is 22.0 Å². The molecule has 0 aliphatic heterocycles. The zero-order valence-corrected chi connectivity index (χ0v) is 6.39. The van der Waals surface area contributed by atoms with E-state index in [1.165, 1.54) is 9.77 Å². The van der Waals surface area contributed by atoms with E-state index in [0.29, 0.717) is 0 Å². The fourth-order valence-corrected chi connectivity index (χ4v) is 1.83. The van der Waals surface area contributed by atoms with Crippen molar-refractivity contribution in [3.05, 3.63) is 0 Å². The summed E-state index contributed by atoms with van der Waals surface area (Å²) in [5, 5.41) is 15.7. The molecular weight excluding hydrogens is 188 g/mol. The second-order valence-electron chi connectivity index (χ2n) is 0.757. The number of nitrogens with one attached hydrogen (secondary N) is 2. The van der Waals surface area contributed by atoms with Crippen LogP contribution in [-0.4, -0.2) is 18.8 Å². The van der Waals surface area contributed by atoms with Gasteiger partial charge < -0.3 is 10.4 Å². The smallest absolute Gasteiger partial charge is 0.285 e. The van der Waals surface area contributed by atoms with Crippen molar-refractivity contribution in [1.29, 1.82) is 0 Å². The van der Waals surface area contributed by atoms with Crippen LogP contribution in [-0.2, 0) is 7.90 Å². The second-order valence-corrected chi connectivity index (χ2v) is 6.54. The predicted octanol–water partition coefficient (Wildman–Crippen LogP) is -0.515. The minimum absolute atomic E-state index is 0.0764. The Labute approximate surface area is 58.9 Å². The Morgan fingerprint density at radius 1 is 1.11 bits per heavy atom. The average molecular weight is 192 g/mol. The highest BCUT2D eigenvalue weighted by molar-refractivity contribution is 9.03. The van der Waals surface area contributed by atoms with Gasteiger partial charge in [-0.15, -0.1) is 9.77 Å². The van der Waals surface area contributed by atoms with Crippen LogP contribution in [0.1, 0.15) is 0 Å². The van der Waals surface area contributed by atoms with Gasteiger partial charge in [0.1, 0.15) is 0 Å². The number of rotatable bonds is 4. The van der Waals surface area contributed by atoms with Crippen molar-refractivity contribution < 1.29 is 18.8 Å². The van der Waals surface area contributed by atoms with Gasteiger partial charge in [0.25, 0.3) is 7.90 Å². The summed E-state index contributed by atoms with van der Waals surface area (Å²) in [6.07, 6.45) is 0. The SMILES string of the molecule is O=S(=O)(SNO)SNO. The Kier molecular flexibility index (Phi) is 4.56. The summed E-state index contributed by atoms with van der Waals surface area (Å²) in [6, 6.07) is 0. The van der Waals surface area contributed by atoms with Crippen LogP contribution < -0.4 is 9.77 Å². The summed E-state index contributed by atoms with van der Waals surface area (Å²) >= 11 is 0. The molecule has 0 fully saturated rings. The van der Waals surface area contributed by atoms with Gasteiger partial charge in [0.15, 0.2) is 0 Å². The fraction of sp³-hybridized carbons (Fsp3) is 0. The molecule has 0 rings (SSSR count). The number of hydrogen-bond donors (Lipinski definition) is 4. The largest absolute Gasteiger partial charge is 0.305 e. The first-order chi connectivity index (χ1) is 4.12. The van der Waals surface area contributed by atoms with Gasteiger partial charge in [-0.2, -0.15) is 0 Å². The van der Waals surface area contributed by atoms with E-state index < -0.39 is 7.90 Å². The molecule has 0 amide bonds. The van der Waals surface area contributed by atoms with Gasteiger partial charge in [-0.05, 0) is 0 Å². The van der Waals surface area contributed by atoms with Crippen LogP contribution in [0, 0.1) is 0 Å². The topological polar surface area (TPSA) is 98.7 Å². The van der Waals surface area contributed by atoms with E-state index in [2.05, 4.69) is 0 Å². The third kappa shape index (κ3) is 4.96. The highest BCUT2D eigenvalue weighted by atomic mass is 33.5. The first-order valence-corrected chi connectivity index (χ1v) is 5.67. The molecule has 0 unspecified atom stereocenters. The molecule has 0 bridgehead atoms. The Morgan fingerprint density at radius 2 is 1.44 bits per heavy atom. The van der Waals surface area contributed by atoms with Crippen molar-refractivity contribution in [2.45, 2.75) is 0 Å². The van der Waals surface area contributed by atoms with Crippen molar-refractivity contribution in [2.75, 3.05) is 0 Å². The van der Waals surface area contributed by atoms with E-state index in [9.17, 15) is 8.42 Å². The summed E-state index contributed by atoms with van der Waals surface area (Å²) in [5.74, 6) is 0. The van der Waals surface area contributed by atoms with Gasteiger partial charge >= 0.3 is 0 Å². The van der Waals surface area contributed by atoms with E-state index in [4.69, 9.17) is 10.4 Å².